The first kappa shape index (κ1) is 20.2. The molecule has 1 aliphatic rings. The Labute approximate surface area is 150 Å². The summed E-state index contributed by atoms with van der Waals surface area (Å²) in [7, 11) is 1.45. The average molecular weight is 372 g/mol. The van der Waals surface area contributed by atoms with Crippen LogP contribution in [-0.4, -0.2) is 42.6 Å². The van der Waals surface area contributed by atoms with Crippen LogP contribution in [0.5, 0.6) is 0 Å². The zero-order valence-corrected chi connectivity index (χ0v) is 15.2. The molecule has 0 bridgehead atoms. The molecule has 1 aromatic carbocycles. The van der Waals surface area contributed by atoms with E-state index in [2.05, 4.69) is 5.32 Å². The summed E-state index contributed by atoms with van der Waals surface area (Å²) in [6.07, 6.45) is -4.86. The smallest absolute Gasteiger partial charge is 0.417 e. The first-order valence-corrected chi connectivity index (χ1v) is 8.29. The molecule has 1 aliphatic heterocycles. The van der Waals surface area contributed by atoms with Gasteiger partial charge in [0.15, 0.2) is 6.23 Å². The number of nitrogens with one attached hydrogen (secondary N) is 1. The minimum atomic E-state index is -4.61. The van der Waals surface area contributed by atoms with E-state index in [9.17, 15) is 22.8 Å². The van der Waals surface area contributed by atoms with Crippen molar-refractivity contribution >= 4 is 11.9 Å². The van der Waals surface area contributed by atoms with E-state index in [1.54, 1.807) is 20.8 Å². The van der Waals surface area contributed by atoms with Crippen LogP contribution >= 0.6 is 0 Å². The lowest BCUT2D eigenvalue weighted by Gasteiger charge is -2.25. The number of ether oxygens (including phenoxy) is 1. The largest absolute Gasteiger partial charge is 0.446 e. The Kier molecular flexibility index (Phi) is 5.65. The van der Waals surface area contributed by atoms with Gasteiger partial charge in [0.05, 0.1) is 16.5 Å². The number of esters is 1. The summed E-state index contributed by atoms with van der Waals surface area (Å²) >= 11 is 0. The van der Waals surface area contributed by atoms with E-state index >= 15 is 0 Å². The monoisotopic (exact) mass is 372 g/mol. The molecule has 2 rings (SSSR count). The highest BCUT2D eigenvalue weighted by Gasteiger charge is 2.38. The van der Waals surface area contributed by atoms with Gasteiger partial charge in [0.2, 0.25) is 0 Å². The van der Waals surface area contributed by atoms with Crippen LogP contribution in [0.3, 0.4) is 0 Å². The highest BCUT2D eigenvalue weighted by molar-refractivity contribution is 5.96. The zero-order chi connectivity index (χ0) is 19.7. The van der Waals surface area contributed by atoms with Crippen molar-refractivity contribution in [2.24, 2.45) is 5.41 Å². The van der Waals surface area contributed by atoms with Crippen LogP contribution in [0.4, 0.5) is 13.2 Å². The number of carbonyl (C=O) groups is 2. The van der Waals surface area contributed by atoms with Crippen molar-refractivity contribution in [2.45, 2.75) is 45.6 Å². The third kappa shape index (κ3) is 4.55. The number of halogens is 3. The van der Waals surface area contributed by atoms with E-state index < -0.39 is 34.9 Å². The fraction of sp³-hybridized carbons (Fsp3) is 0.556. The van der Waals surface area contributed by atoms with Crippen LogP contribution in [0.15, 0.2) is 24.3 Å². The van der Waals surface area contributed by atoms with Crippen molar-refractivity contribution in [3.05, 3.63) is 35.4 Å². The zero-order valence-electron chi connectivity index (χ0n) is 15.2. The van der Waals surface area contributed by atoms with Gasteiger partial charge in [0.1, 0.15) is 0 Å². The average Bonchev–Trinajstić information content (AvgIpc) is 3.00. The van der Waals surface area contributed by atoms with Crippen LogP contribution in [0.1, 0.15) is 43.1 Å². The van der Waals surface area contributed by atoms with E-state index in [-0.39, 0.29) is 12.0 Å². The lowest BCUT2D eigenvalue weighted by molar-refractivity contribution is -0.159. The molecule has 0 radical (unpaired) electrons. The van der Waals surface area contributed by atoms with Gasteiger partial charge in [0.25, 0.3) is 5.91 Å². The molecule has 2 atom stereocenters. The molecule has 26 heavy (non-hydrogen) atoms. The number of likely N-dealkylation sites (N-methyl/N-ethyl adjacent to an activating group) is 1. The number of benzene rings is 1. The highest BCUT2D eigenvalue weighted by atomic mass is 19.4. The van der Waals surface area contributed by atoms with Gasteiger partial charge in [-0.2, -0.15) is 13.2 Å². The molecule has 0 aromatic heterocycles. The molecular formula is C18H23F3N2O3. The lowest BCUT2D eigenvalue weighted by atomic mass is 9.97. The number of carbonyl (C=O) groups excluding carboxylic acids is 2. The number of amides is 1. The molecule has 1 aromatic rings. The number of hydrogen-bond donors (Lipinski definition) is 1. The van der Waals surface area contributed by atoms with Gasteiger partial charge in [-0.1, -0.05) is 12.1 Å². The third-order valence-corrected chi connectivity index (χ3v) is 4.26. The van der Waals surface area contributed by atoms with Crippen molar-refractivity contribution in [3.63, 3.8) is 0 Å². The van der Waals surface area contributed by atoms with Gasteiger partial charge in [0, 0.05) is 26.1 Å². The summed E-state index contributed by atoms with van der Waals surface area (Å²) in [6, 6.07) is 4.33. The molecule has 1 fully saturated rings. The quantitative estimate of drug-likeness (QED) is 0.829. The van der Waals surface area contributed by atoms with E-state index in [0.29, 0.717) is 13.0 Å². The second kappa shape index (κ2) is 7.26. The minimum absolute atomic E-state index is 0.318. The van der Waals surface area contributed by atoms with E-state index in [1.165, 1.54) is 30.1 Å². The van der Waals surface area contributed by atoms with Gasteiger partial charge in [-0.25, -0.2) is 0 Å². The van der Waals surface area contributed by atoms with Gasteiger partial charge >= 0.3 is 12.1 Å². The van der Waals surface area contributed by atoms with Crippen LogP contribution < -0.4 is 5.32 Å². The Hall–Kier alpha value is -2.09. The molecule has 1 heterocycles. The number of alkyl halides is 3. The van der Waals surface area contributed by atoms with Gasteiger partial charge in [-0.15, -0.1) is 0 Å². The molecule has 0 saturated carbocycles. The predicted octanol–water partition coefficient (Wildman–Crippen LogP) is 3.05. The fourth-order valence-corrected chi connectivity index (χ4v) is 2.64. The highest BCUT2D eigenvalue weighted by Crippen LogP contribution is 2.32. The van der Waals surface area contributed by atoms with Crippen LogP contribution in [0.25, 0.3) is 0 Å². The number of hydrogen-bond acceptors (Lipinski definition) is 4. The van der Waals surface area contributed by atoms with Crippen LogP contribution in [0, 0.1) is 5.41 Å². The van der Waals surface area contributed by atoms with Crippen molar-refractivity contribution in [1.82, 2.24) is 10.2 Å². The molecule has 8 heteroatoms. The summed E-state index contributed by atoms with van der Waals surface area (Å²) in [5.74, 6) is -1.10. The molecule has 0 aliphatic carbocycles. The van der Waals surface area contributed by atoms with Crippen molar-refractivity contribution in [2.75, 3.05) is 13.6 Å². The normalized spacial score (nSPS) is 20.7. The third-order valence-electron chi connectivity index (χ3n) is 4.26. The van der Waals surface area contributed by atoms with Gasteiger partial charge in [-0.05, 0) is 32.9 Å². The standard InChI is InChI=1S/C18H23F3N2O3/c1-17(2,3)16(25)26-14-9-11(10-22-14)23(4)15(24)12-7-5-6-8-13(12)18(19,20)21/h5-8,11,14,22H,9-10H2,1-4H3/t11-,14?/m1/s1. The SMILES string of the molecule is CN(C(=O)c1ccccc1C(F)(F)F)[C@H]1CNC(OC(=O)C(C)(C)C)C1. The van der Waals surface area contributed by atoms with Gasteiger partial charge in [-0.3, -0.25) is 14.9 Å². The summed E-state index contributed by atoms with van der Waals surface area (Å²) in [5, 5.41) is 2.98. The maximum absolute atomic E-state index is 13.1. The summed E-state index contributed by atoms with van der Waals surface area (Å²) in [5.41, 5.74) is -2.01. The summed E-state index contributed by atoms with van der Waals surface area (Å²) < 4.78 is 44.7. The molecule has 144 valence electrons. The van der Waals surface area contributed by atoms with Crippen molar-refractivity contribution in [3.8, 4) is 0 Å². The Morgan fingerprint density at radius 3 is 2.38 bits per heavy atom. The molecule has 1 unspecified atom stereocenters. The lowest BCUT2D eigenvalue weighted by Crippen LogP contribution is -2.39. The van der Waals surface area contributed by atoms with Crippen LogP contribution in [0.2, 0.25) is 0 Å². The maximum atomic E-state index is 13.1. The maximum Gasteiger partial charge on any atom is 0.417 e. The molecule has 5 nitrogen and oxygen atoms in total. The van der Waals surface area contributed by atoms with Crippen LogP contribution in [-0.2, 0) is 15.7 Å². The first-order valence-electron chi connectivity index (χ1n) is 8.29. The number of rotatable bonds is 3. The Balaban J connectivity index is 2.08. The second-order valence-corrected chi connectivity index (χ2v) is 7.40. The first-order chi connectivity index (χ1) is 11.9. The van der Waals surface area contributed by atoms with E-state index in [0.717, 1.165) is 6.07 Å². The summed E-state index contributed by atoms with van der Waals surface area (Å²) in [6.45, 7) is 5.51. The molecular weight excluding hydrogens is 349 g/mol. The summed E-state index contributed by atoms with van der Waals surface area (Å²) in [4.78, 5) is 25.8. The van der Waals surface area contributed by atoms with E-state index in [4.69, 9.17) is 4.74 Å². The molecule has 1 N–H and O–H groups in total. The Morgan fingerprint density at radius 1 is 1.19 bits per heavy atom. The van der Waals surface area contributed by atoms with Crippen molar-refractivity contribution < 1.29 is 27.5 Å². The van der Waals surface area contributed by atoms with E-state index in [1.807, 2.05) is 0 Å². The number of nitrogens with zero attached hydrogens (tertiary/aromatic N) is 1. The molecule has 1 saturated heterocycles. The fourth-order valence-electron chi connectivity index (χ4n) is 2.64. The Morgan fingerprint density at radius 2 is 1.81 bits per heavy atom. The second-order valence-electron chi connectivity index (χ2n) is 7.40. The molecule has 1 amide bonds. The van der Waals surface area contributed by atoms with Crippen molar-refractivity contribution in [1.29, 1.82) is 0 Å². The van der Waals surface area contributed by atoms with Gasteiger partial charge < -0.3 is 9.64 Å². The Bertz CT molecular complexity index is 683. The predicted molar refractivity (Wildman–Crippen MR) is 89.3 cm³/mol. The topological polar surface area (TPSA) is 58.6 Å². The molecule has 0 spiro atoms. The minimum Gasteiger partial charge on any atom is -0.446 e.